The first kappa shape index (κ1) is 11.1. The van der Waals surface area contributed by atoms with Gasteiger partial charge in [-0.2, -0.15) is 5.10 Å². The molecule has 3 rings (SSSR count). The van der Waals surface area contributed by atoms with Crippen LogP contribution in [0.5, 0.6) is 0 Å². The van der Waals surface area contributed by atoms with Crippen LogP contribution in [-0.4, -0.2) is 9.78 Å². The van der Waals surface area contributed by atoms with E-state index >= 15 is 0 Å². The summed E-state index contributed by atoms with van der Waals surface area (Å²) in [5.41, 5.74) is 7.96. The molecule has 3 nitrogen and oxygen atoms in total. The standard InChI is InChI=1S/C14H12ClN3/c15-12-7-3-1-5-10(12)9-18-13-8-4-2-6-11(13)14(16)17-18/h1-8H,9H2,(H2,16,17). The van der Waals surface area contributed by atoms with E-state index in [1.165, 1.54) is 0 Å². The molecule has 0 bridgehead atoms. The Balaban J connectivity index is 2.08. The van der Waals surface area contributed by atoms with Crippen molar-refractivity contribution >= 4 is 28.3 Å². The maximum atomic E-state index is 6.16. The Bertz CT molecular complexity index is 703. The Morgan fingerprint density at radius 1 is 1.06 bits per heavy atom. The normalized spacial score (nSPS) is 10.9. The summed E-state index contributed by atoms with van der Waals surface area (Å²) in [7, 11) is 0. The number of nitrogens with zero attached hydrogens (tertiary/aromatic N) is 2. The Kier molecular flexibility index (Phi) is 2.68. The molecule has 3 aromatic rings. The van der Waals surface area contributed by atoms with E-state index in [0.29, 0.717) is 12.4 Å². The molecule has 0 aliphatic heterocycles. The number of hydrogen-bond acceptors (Lipinski definition) is 2. The average Bonchev–Trinajstić information content (AvgIpc) is 2.70. The number of anilines is 1. The molecule has 0 aliphatic rings. The van der Waals surface area contributed by atoms with Crippen LogP contribution in [0, 0.1) is 0 Å². The second kappa shape index (κ2) is 4.35. The summed E-state index contributed by atoms with van der Waals surface area (Å²) >= 11 is 6.16. The van der Waals surface area contributed by atoms with Crippen LogP contribution in [0.3, 0.4) is 0 Å². The zero-order valence-corrected chi connectivity index (χ0v) is 10.4. The summed E-state index contributed by atoms with van der Waals surface area (Å²) < 4.78 is 1.88. The number of fused-ring (bicyclic) bond motifs is 1. The number of para-hydroxylation sites is 1. The number of halogens is 1. The molecule has 2 N–H and O–H groups in total. The summed E-state index contributed by atoms with van der Waals surface area (Å²) in [5.74, 6) is 0.553. The fourth-order valence-corrected chi connectivity index (χ4v) is 2.26. The molecule has 90 valence electrons. The van der Waals surface area contributed by atoms with Crippen molar-refractivity contribution in [2.24, 2.45) is 0 Å². The summed E-state index contributed by atoms with van der Waals surface area (Å²) in [6.07, 6.45) is 0. The maximum absolute atomic E-state index is 6.16. The van der Waals surface area contributed by atoms with Gasteiger partial charge in [-0.1, -0.05) is 41.9 Å². The summed E-state index contributed by atoms with van der Waals surface area (Å²) in [6.45, 7) is 0.622. The minimum atomic E-state index is 0.553. The number of nitrogens with two attached hydrogens (primary N) is 1. The van der Waals surface area contributed by atoms with Gasteiger partial charge in [0.05, 0.1) is 12.1 Å². The molecule has 0 saturated carbocycles. The van der Waals surface area contributed by atoms with Gasteiger partial charge in [0, 0.05) is 10.4 Å². The second-order valence-corrected chi connectivity index (χ2v) is 4.56. The van der Waals surface area contributed by atoms with Crippen molar-refractivity contribution in [1.29, 1.82) is 0 Å². The molecule has 0 fully saturated rings. The molecule has 0 amide bonds. The molecule has 1 aromatic heterocycles. The largest absolute Gasteiger partial charge is 0.382 e. The molecule has 0 saturated heterocycles. The molecule has 1 heterocycles. The highest BCUT2D eigenvalue weighted by Gasteiger charge is 2.08. The molecule has 0 atom stereocenters. The van der Waals surface area contributed by atoms with Crippen LogP contribution in [0.15, 0.2) is 48.5 Å². The van der Waals surface area contributed by atoms with Crippen LogP contribution in [0.25, 0.3) is 10.9 Å². The first-order valence-electron chi connectivity index (χ1n) is 5.70. The molecule has 18 heavy (non-hydrogen) atoms. The maximum Gasteiger partial charge on any atom is 0.153 e. The Hall–Kier alpha value is -2.00. The van der Waals surface area contributed by atoms with Crippen LogP contribution in [0.2, 0.25) is 5.02 Å². The number of benzene rings is 2. The predicted molar refractivity (Wildman–Crippen MR) is 74.7 cm³/mol. The minimum Gasteiger partial charge on any atom is -0.382 e. The van der Waals surface area contributed by atoms with Crippen molar-refractivity contribution in [2.75, 3.05) is 5.73 Å². The molecular formula is C14H12ClN3. The van der Waals surface area contributed by atoms with Gasteiger partial charge in [0.2, 0.25) is 0 Å². The van der Waals surface area contributed by atoms with Crippen LogP contribution in [0.1, 0.15) is 5.56 Å². The van der Waals surface area contributed by atoms with E-state index in [1.54, 1.807) is 0 Å². The van der Waals surface area contributed by atoms with E-state index in [1.807, 2.05) is 53.2 Å². The smallest absolute Gasteiger partial charge is 0.153 e. The zero-order valence-electron chi connectivity index (χ0n) is 9.68. The van der Waals surface area contributed by atoms with Crippen molar-refractivity contribution in [1.82, 2.24) is 9.78 Å². The van der Waals surface area contributed by atoms with E-state index in [4.69, 9.17) is 17.3 Å². The monoisotopic (exact) mass is 257 g/mol. The molecular weight excluding hydrogens is 246 g/mol. The SMILES string of the molecule is Nc1nn(Cc2ccccc2Cl)c2ccccc12. The van der Waals surface area contributed by atoms with E-state index in [0.717, 1.165) is 21.5 Å². The third-order valence-corrected chi connectivity index (χ3v) is 3.33. The Morgan fingerprint density at radius 3 is 2.61 bits per heavy atom. The number of hydrogen-bond donors (Lipinski definition) is 1. The first-order chi connectivity index (χ1) is 8.75. The minimum absolute atomic E-state index is 0.553. The van der Waals surface area contributed by atoms with Crippen molar-refractivity contribution in [2.45, 2.75) is 6.54 Å². The summed E-state index contributed by atoms with van der Waals surface area (Å²) in [6, 6.07) is 15.7. The third-order valence-electron chi connectivity index (χ3n) is 2.96. The van der Waals surface area contributed by atoms with E-state index in [9.17, 15) is 0 Å². The van der Waals surface area contributed by atoms with Crippen molar-refractivity contribution in [3.8, 4) is 0 Å². The Labute approximate surface area is 110 Å². The van der Waals surface area contributed by atoms with Gasteiger partial charge in [0.25, 0.3) is 0 Å². The topological polar surface area (TPSA) is 43.8 Å². The lowest BCUT2D eigenvalue weighted by molar-refractivity contribution is 0.716. The molecule has 0 unspecified atom stereocenters. The Morgan fingerprint density at radius 2 is 1.78 bits per heavy atom. The molecule has 4 heteroatoms. The van der Waals surface area contributed by atoms with E-state index < -0.39 is 0 Å². The second-order valence-electron chi connectivity index (χ2n) is 4.15. The highest BCUT2D eigenvalue weighted by molar-refractivity contribution is 6.31. The van der Waals surface area contributed by atoms with Crippen molar-refractivity contribution in [3.05, 3.63) is 59.1 Å². The fraction of sp³-hybridized carbons (Fsp3) is 0.0714. The fourth-order valence-electron chi connectivity index (χ4n) is 2.06. The zero-order chi connectivity index (χ0) is 12.5. The quantitative estimate of drug-likeness (QED) is 0.765. The van der Waals surface area contributed by atoms with Crippen LogP contribution in [0.4, 0.5) is 5.82 Å². The average molecular weight is 258 g/mol. The summed E-state index contributed by atoms with van der Waals surface area (Å²) in [5, 5.41) is 6.08. The van der Waals surface area contributed by atoms with Gasteiger partial charge in [-0.15, -0.1) is 0 Å². The summed E-state index contributed by atoms with van der Waals surface area (Å²) in [4.78, 5) is 0. The highest BCUT2D eigenvalue weighted by atomic mass is 35.5. The van der Waals surface area contributed by atoms with E-state index in [2.05, 4.69) is 5.10 Å². The van der Waals surface area contributed by atoms with Gasteiger partial charge in [-0.3, -0.25) is 4.68 Å². The van der Waals surface area contributed by atoms with Gasteiger partial charge in [0.15, 0.2) is 5.82 Å². The van der Waals surface area contributed by atoms with Gasteiger partial charge in [0.1, 0.15) is 0 Å². The molecule has 0 spiro atoms. The number of aromatic nitrogens is 2. The molecule has 2 aromatic carbocycles. The van der Waals surface area contributed by atoms with Crippen molar-refractivity contribution < 1.29 is 0 Å². The van der Waals surface area contributed by atoms with E-state index in [-0.39, 0.29) is 0 Å². The third kappa shape index (κ3) is 1.83. The number of rotatable bonds is 2. The lowest BCUT2D eigenvalue weighted by atomic mass is 10.2. The first-order valence-corrected chi connectivity index (χ1v) is 6.08. The van der Waals surface area contributed by atoms with Gasteiger partial charge in [-0.25, -0.2) is 0 Å². The van der Waals surface area contributed by atoms with Gasteiger partial charge in [-0.05, 0) is 23.8 Å². The van der Waals surface area contributed by atoms with Crippen LogP contribution >= 0.6 is 11.6 Å². The molecule has 0 aliphatic carbocycles. The highest BCUT2D eigenvalue weighted by Crippen LogP contribution is 2.22. The van der Waals surface area contributed by atoms with Gasteiger partial charge < -0.3 is 5.73 Å². The molecule has 0 radical (unpaired) electrons. The number of nitrogen functional groups attached to an aromatic ring is 1. The lowest BCUT2D eigenvalue weighted by Crippen LogP contribution is -2.02. The predicted octanol–water partition coefficient (Wildman–Crippen LogP) is 3.32. The van der Waals surface area contributed by atoms with Crippen molar-refractivity contribution in [3.63, 3.8) is 0 Å². The van der Waals surface area contributed by atoms with Gasteiger partial charge >= 0.3 is 0 Å². The van der Waals surface area contributed by atoms with Crippen LogP contribution in [-0.2, 0) is 6.54 Å². The lowest BCUT2D eigenvalue weighted by Gasteiger charge is -2.05. The van der Waals surface area contributed by atoms with Crippen LogP contribution < -0.4 is 5.73 Å².